The van der Waals surface area contributed by atoms with Crippen LogP contribution < -0.4 is 0 Å². The van der Waals surface area contributed by atoms with Crippen LogP contribution in [0, 0.1) is 0 Å². The molecule has 0 aromatic carbocycles. The summed E-state index contributed by atoms with van der Waals surface area (Å²) in [7, 11) is -2.84. The Morgan fingerprint density at radius 3 is 2.40 bits per heavy atom. The summed E-state index contributed by atoms with van der Waals surface area (Å²) >= 11 is 1.75. The molecule has 1 fully saturated rings. The minimum atomic E-state index is -2.84. The van der Waals surface area contributed by atoms with Crippen molar-refractivity contribution in [1.82, 2.24) is 4.90 Å². The van der Waals surface area contributed by atoms with Crippen LogP contribution in [-0.2, 0) is 19.4 Å². The Morgan fingerprint density at radius 1 is 1.25 bits per heavy atom. The third kappa shape index (κ3) is 8.11. The summed E-state index contributed by atoms with van der Waals surface area (Å²) in [5.74, 6) is 1.02. The van der Waals surface area contributed by atoms with Gasteiger partial charge in [-0.2, -0.15) is 11.8 Å². The second-order valence-corrected chi connectivity index (χ2v) is 10.2. The van der Waals surface area contributed by atoms with E-state index in [-0.39, 0.29) is 22.2 Å². The number of thioether (sulfide) groups is 1. The Balaban J connectivity index is 2.08. The van der Waals surface area contributed by atoms with Crippen molar-refractivity contribution in [3.63, 3.8) is 0 Å². The highest BCUT2D eigenvalue weighted by Gasteiger charge is 2.21. The highest BCUT2D eigenvalue weighted by Crippen LogP contribution is 2.23. The first-order valence-electron chi connectivity index (χ1n) is 6.90. The van der Waals surface area contributed by atoms with E-state index in [1.54, 1.807) is 11.8 Å². The lowest BCUT2D eigenvalue weighted by Gasteiger charge is -2.26. The van der Waals surface area contributed by atoms with Crippen molar-refractivity contribution in [2.45, 2.75) is 31.9 Å². The smallest absolute Gasteiger partial charge is 0.306 e. The third-order valence-electron chi connectivity index (χ3n) is 2.95. The van der Waals surface area contributed by atoms with Crippen molar-refractivity contribution in [2.75, 3.05) is 43.5 Å². The predicted molar refractivity (Wildman–Crippen MR) is 82.9 cm³/mol. The minimum Gasteiger partial charge on any atom is -0.464 e. The van der Waals surface area contributed by atoms with E-state index in [9.17, 15) is 13.2 Å². The molecule has 0 bridgehead atoms. The number of nitrogens with zero attached hydrogens (tertiary/aromatic N) is 1. The lowest BCUT2D eigenvalue weighted by Crippen LogP contribution is -2.41. The summed E-state index contributed by atoms with van der Waals surface area (Å²) in [5.41, 5.74) is 0. The topological polar surface area (TPSA) is 63.7 Å². The highest BCUT2D eigenvalue weighted by molar-refractivity contribution is 8.00. The van der Waals surface area contributed by atoms with Crippen LogP contribution in [0.25, 0.3) is 0 Å². The second-order valence-electron chi connectivity index (χ2n) is 5.92. The number of rotatable bonds is 6. The molecule has 5 nitrogen and oxygen atoms in total. The molecule has 7 heteroatoms. The normalized spacial score (nSPS) is 19.8. The summed E-state index contributed by atoms with van der Waals surface area (Å²) in [6.07, 6.45) is 0.427. The molecule has 0 spiro atoms. The predicted octanol–water partition coefficient (Wildman–Crippen LogP) is 1.18. The SMILES string of the molecule is CC(C)(C)SCCC(=O)OCCN1CCS(=O)(=O)CC1. The Labute approximate surface area is 126 Å². The molecule has 1 heterocycles. The van der Waals surface area contributed by atoms with Gasteiger partial charge in [0.2, 0.25) is 0 Å². The Hall–Kier alpha value is -0.270. The zero-order chi connectivity index (χ0) is 15.2. The van der Waals surface area contributed by atoms with E-state index in [0.29, 0.717) is 32.7 Å². The molecule has 20 heavy (non-hydrogen) atoms. The van der Waals surface area contributed by atoms with E-state index in [4.69, 9.17) is 4.74 Å². The van der Waals surface area contributed by atoms with Crippen LogP contribution in [0.3, 0.4) is 0 Å². The van der Waals surface area contributed by atoms with Crippen LogP contribution in [0.4, 0.5) is 0 Å². The minimum absolute atomic E-state index is 0.166. The molecule has 0 amide bonds. The molecule has 0 aromatic rings. The van der Waals surface area contributed by atoms with E-state index in [1.165, 1.54) is 0 Å². The molecule has 1 aliphatic rings. The first kappa shape index (κ1) is 17.8. The van der Waals surface area contributed by atoms with E-state index >= 15 is 0 Å². The molecule has 1 saturated heterocycles. The Bertz CT molecular complexity index is 401. The summed E-state index contributed by atoms with van der Waals surface area (Å²) < 4.78 is 27.9. The van der Waals surface area contributed by atoms with Gasteiger partial charge in [-0.1, -0.05) is 20.8 Å². The largest absolute Gasteiger partial charge is 0.464 e. The number of sulfone groups is 1. The average molecular weight is 323 g/mol. The summed E-state index contributed by atoms with van der Waals surface area (Å²) in [5, 5.41) is 0. The van der Waals surface area contributed by atoms with Gasteiger partial charge in [-0.25, -0.2) is 8.42 Å². The van der Waals surface area contributed by atoms with Crippen LogP contribution >= 0.6 is 11.8 Å². The lowest BCUT2D eigenvalue weighted by atomic mass is 10.3. The standard InChI is InChI=1S/C13H25NO4S2/c1-13(2,3)19-9-4-12(15)18-8-5-14-6-10-20(16,17)11-7-14/h4-11H2,1-3H3. The van der Waals surface area contributed by atoms with Gasteiger partial charge in [0, 0.05) is 30.1 Å². The van der Waals surface area contributed by atoms with Gasteiger partial charge in [0.25, 0.3) is 0 Å². The van der Waals surface area contributed by atoms with Gasteiger partial charge in [-0.3, -0.25) is 9.69 Å². The van der Waals surface area contributed by atoms with Gasteiger partial charge in [-0.05, 0) is 0 Å². The monoisotopic (exact) mass is 323 g/mol. The fourth-order valence-electron chi connectivity index (χ4n) is 1.78. The van der Waals surface area contributed by atoms with Crippen molar-refractivity contribution >= 4 is 27.6 Å². The maximum absolute atomic E-state index is 11.5. The Kier molecular flexibility index (Phi) is 6.81. The van der Waals surface area contributed by atoms with Crippen LogP contribution in [0.5, 0.6) is 0 Å². The summed E-state index contributed by atoms with van der Waals surface area (Å²) in [6.45, 7) is 8.40. The molecule has 0 aromatic heterocycles. The average Bonchev–Trinajstić information content (AvgIpc) is 2.29. The van der Waals surface area contributed by atoms with E-state index in [2.05, 4.69) is 20.8 Å². The third-order valence-corrected chi connectivity index (χ3v) is 5.83. The van der Waals surface area contributed by atoms with Gasteiger partial charge < -0.3 is 4.74 Å². The number of ether oxygens (including phenoxy) is 1. The van der Waals surface area contributed by atoms with Gasteiger partial charge in [-0.15, -0.1) is 0 Å². The van der Waals surface area contributed by atoms with Crippen molar-refractivity contribution in [3.05, 3.63) is 0 Å². The molecule has 0 radical (unpaired) electrons. The van der Waals surface area contributed by atoms with Gasteiger partial charge in [0.05, 0.1) is 17.9 Å². The number of esters is 1. The first-order chi connectivity index (χ1) is 9.18. The second kappa shape index (κ2) is 7.66. The lowest BCUT2D eigenvalue weighted by molar-refractivity contribution is -0.143. The van der Waals surface area contributed by atoms with Crippen LogP contribution in [0.1, 0.15) is 27.2 Å². The molecule has 118 valence electrons. The summed E-state index contributed by atoms with van der Waals surface area (Å²) in [6, 6.07) is 0. The zero-order valence-corrected chi connectivity index (χ0v) is 14.2. The maximum Gasteiger partial charge on any atom is 0.306 e. The molecule has 1 aliphatic heterocycles. The first-order valence-corrected chi connectivity index (χ1v) is 9.71. The van der Waals surface area contributed by atoms with Gasteiger partial charge in [0.15, 0.2) is 9.84 Å². The molecule has 0 atom stereocenters. The fourth-order valence-corrected chi connectivity index (χ4v) is 3.93. The highest BCUT2D eigenvalue weighted by atomic mass is 32.2. The number of hydrogen-bond donors (Lipinski definition) is 0. The number of carbonyl (C=O) groups is 1. The maximum atomic E-state index is 11.5. The molecular weight excluding hydrogens is 298 g/mol. The van der Waals surface area contributed by atoms with Gasteiger partial charge >= 0.3 is 5.97 Å². The molecule has 0 N–H and O–H groups in total. The van der Waals surface area contributed by atoms with Crippen molar-refractivity contribution in [2.24, 2.45) is 0 Å². The van der Waals surface area contributed by atoms with E-state index in [1.807, 2.05) is 4.90 Å². The van der Waals surface area contributed by atoms with Crippen LogP contribution in [-0.4, -0.2) is 67.5 Å². The number of carbonyl (C=O) groups excluding carboxylic acids is 1. The van der Waals surface area contributed by atoms with Crippen molar-refractivity contribution < 1.29 is 17.9 Å². The van der Waals surface area contributed by atoms with E-state index < -0.39 is 9.84 Å². The van der Waals surface area contributed by atoms with Gasteiger partial charge in [0.1, 0.15) is 6.61 Å². The van der Waals surface area contributed by atoms with Crippen molar-refractivity contribution in [3.8, 4) is 0 Å². The van der Waals surface area contributed by atoms with Crippen LogP contribution in [0.2, 0.25) is 0 Å². The molecule has 0 unspecified atom stereocenters. The van der Waals surface area contributed by atoms with Crippen molar-refractivity contribution in [1.29, 1.82) is 0 Å². The molecular formula is C13H25NO4S2. The molecule has 1 rings (SSSR count). The Morgan fingerprint density at radius 2 is 1.85 bits per heavy atom. The quantitative estimate of drug-likeness (QED) is 0.684. The van der Waals surface area contributed by atoms with Crippen LogP contribution in [0.15, 0.2) is 0 Å². The number of hydrogen-bond acceptors (Lipinski definition) is 6. The summed E-state index contributed by atoms with van der Waals surface area (Å²) in [4.78, 5) is 13.5. The molecule has 0 aliphatic carbocycles. The zero-order valence-electron chi connectivity index (χ0n) is 12.6. The van der Waals surface area contributed by atoms with E-state index in [0.717, 1.165) is 5.75 Å². The molecule has 0 saturated carbocycles. The fraction of sp³-hybridized carbons (Fsp3) is 0.923.